The van der Waals surface area contributed by atoms with Crippen LogP contribution in [0.15, 0.2) is 54.6 Å². The summed E-state index contributed by atoms with van der Waals surface area (Å²) in [6.45, 7) is 3.97. The van der Waals surface area contributed by atoms with Crippen LogP contribution in [0.4, 0.5) is 4.79 Å². The number of hydrogen-bond acceptors (Lipinski definition) is 4. The maximum atomic E-state index is 12.7. The molecule has 7 heteroatoms. The molecule has 2 heterocycles. The van der Waals surface area contributed by atoms with E-state index in [0.29, 0.717) is 25.2 Å². The van der Waals surface area contributed by atoms with E-state index in [9.17, 15) is 9.59 Å². The number of nitrogens with one attached hydrogen (secondary N) is 2. The predicted octanol–water partition coefficient (Wildman–Crippen LogP) is 3.44. The fourth-order valence-electron chi connectivity index (χ4n) is 4.75. The van der Waals surface area contributed by atoms with Crippen LogP contribution < -0.4 is 15.4 Å². The molecule has 1 atom stereocenters. The molecule has 2 aromatic rings. The number of piperidine rings is 1. The molecular formula is C26H34N4O3. The Hall–Kier alpha value is -3.06. The van der Waals surface area contributed by atoms with Crippen LogP contribution >= 0.6 is 0 Å². The first-order valence-electron chi connectivity index (χ1n) is 11.9. The van der Waals surface area contributed by atoms with Crippen LogP contribution in [0.1, 0.15) is 47.6 Å². The number of rotatable bonds is 7. The van der Waals surface area contributed by atoms with Gasteiger partial charge in [0.05, 0.1) is 13.2 Å². The summed E-state index contributed by atoms with van der Waals surface area (Å²) in [5.41, 5.74) is 1.90. The summed E-state index contributed by atoms with van der Waals surface area (Å²) >= 11 is 0. The zero-order valence-electron chi connectivity index (χ0n) is 19.3. The van der Waals surface area contributed by atoms with Crippen molar-refractivity contribution >= 4 is 11.9 Å². The van der Waals surface area contributed by atoms with Gasteiger partial charge in [0.2, 0.25) is 0 Å². The van der Waals surface area contributed by atoms with Crippen molar-refractivity contribution in [1.82, 2.24) is 20.4 Å². The van der Waals surface area contributed by atoms with Crippen LogP contribution in [0.3, 0.4) is 0 Å². The van der Waals surface area contributed by atoms with Crippen molar-refractivity contribution < 1.29 is 14.3 Å². The van der Waals surface area contributed by atoms with Crippen LogP contribution in [-0.4, -0.2) is 67.6 Å². The minimum absolute atomic E-state index is 0.0615. The first-order valence-corrected chi connectivity index (χ1v) is 11.9. The van der Waals surface area contributed by atoms with E-state index in [4.69, 9.17) is 4.74 Å². The van der Waals surface area contributed by atoms with Crippen molar-refractivity contribution in [2.75, 3.05) is 39.8 Å². The van der Waals surface area contributed by atoms with Gasteiger partial charge in [0, 0.05) is 31.2 Å². The van der Waals surface area contributed by atoms with Crippen LogP contribution in [0.5, 0.6) is 5.75 Å². The molecule has 0 saturated carbocycles. The standard InChI is InChI=1S/C26H34N4O3/c1-33-23-11-9-20(10-12-23)24(29-15-5-6-16-29)19-27-26(32)28-22-13-17-30(18-14-22)25(31)21-7-3-2-4-8-21/h2-4,7-12,22,24H,5-6,13-19H2,1H3,(H2,27,28,32). The normalized spacial score (nSPS) is 18.0. The van der Waals surface area contributed by atoms with E-state index in [1.165, 1.54) is 18.4 Å². The molecule has 0 aliphatic carbocycles. The molecular weight excluding hydrogens is 416 g/mol. The summed E-state index contributed by atoms with van der Waals surface area (Å²) < 4.78 is 5.29. The molecule has 3 amide bonds. The van der Waals surface area contributed by atoms with Gasteiger partial charge in [-0.2, -0.15) is 0 Å². The molecule has 2 aromatic carbocycles. The molecule has 1 unspecified atom stereocenters. The highest BCUT2D eigenvalue weighted by molar-refractivity contribution is 5.94. The maximum Gasteiger partial charge on any atom is 0.315 e. The Morgan fingerprint density at radius 2 is 1.64 bits per heavy atom. The van der Waals surface area contributed by atoms with E-state index in [0.717, 1.165) is 31.7 Å². The van der Waals surface area contributed by atoms with Gasteiger partial charge in [-0.15, -0.1) is 0 Å². The lowest BCUT2D eigenvalue weighted by Crippen LogP contribution is -2.50. The second kappa shape index (κ2) is 11.2. The Bertz CT molecular complexity index is 905. The van der Waals surface area contributed by atoms with Crippen molar-refractivity contribution in [3.8, 4) is 5.75 Å². The first-order chi connectivity index (χ1) is 16.1. The Balaban J connectivity index is 1.26. The van der Waals surface area contributed by atoms with E-state index in [1.807, 2.05) is 47.4 Å². The zero-order valence-corrected chi connectivity index (χ0v) is 19.3. The lowest BCUT2D eigenvalue weighted by molar-refractivity contribution is 0.0708. The highest BCUT2D eigenvalue weighted by Crippen LogP contribution is 2.26. The summed E-state index contributed by atoms with van der Waals surface area (Å²) in [7, 11) is 1.67. The summed E-state index contributed by atoms with van der Waals surface area (Å²) in [4.78, 5) is 29.6. The molecule has 0 aromatic heterocycles. The number of ether oxygens (including phenoxy) is 1. The molecule has 33 heavy (non-hydrogen) atoms. The minimum Gasteiger partial charge on any atom is -0.497 e. The number of benzene rings is 2. The van der Waals surface area contributed by atoms with Gasteiger partial charge in [-0.25, -0.2) is 4.79 Å². The third-order valence-electron chi connectivity index (χ3n) is 6.68. The van der Waals surface area contributed by atoms with Gasteiger partial charge in [-0.3, -0.25) is 9.69 Å². The van der Waals surface area contributed by atoms with E-state index < -0.39 is 0 Å². The summed E-state index contributed by atoms with van der Waals surface area (Å²) in [5, 5.41) is 6.20. The molecule has 2 fully saturated rings. The Labute approximate surface area is 196 Å². The Morgan fingerprint density at radius 1 is 0.970 bits per heavy atom. The van der Waals surface area contributed by atoms with Crippen molar-refractivity contribution in [2.24, 2.45) is 0 Å². The quantitative estimate of drug-likeness (QED) is 0.678. The maximum absolute atomic E-state index is 12.7. The van der Waals surface area contributed by atoms with E-state index in [1.54, 1.807) is 7.11 Å². The topological polar surface area (TPSA) is 73.9 Å². The van der Waals surface area contributed by atoms with E-state index in [-0.39, 0.29) is 24.0 Å². The smallest absolute Gasteiger partial charge is 0.315 e. The number of carbonyl (C=O) groups excluding carboxylic acids is 2. The van der Waals surface area contributed by atoms with E-state index in [2.05, 4.69) is 27.7 Å². The lowest BCUT2D eigenvalue weighted by atomic mass is 10.0. The average Bonchev–Trinajstić information content (AvgIpc) is 3.40. The summed E-state index contributed by atoms with van der Waals surface area (Å²) in [6, 6.07) is 17.6. The molecule has 2 saturated heterocycles. The Kier molecular flexibility index (Phi) is 7.83. The number of methoxy groups -OCH3 is 1. The van der Waals surface area contributed by atoms with Gasteiger partial charge in [-0.05, 0) is 68.6 Å². The van der Waals surface area contributed by atoms with Gasteiger partial charge in [-0.1, -0.05) is 30.3 Å². The number of urea groups is 1. The first kappa shape index (κ1) is 23.1. The SMILES string of the molecule is COc1ccc(C(CNC(=O)NC2CCN(C(=O)c3ccccc3)CC2)N2CCCC2)cc1. The third kappa shape index (κ3) is 6.05. The fourth-order valence-corrected chi connectivity index (χ4v) is 4.75. The molecule has 4 rings (SSSR count). The van der Waals surface area contributed by atoms with Crippen molar-refractivity contribution in [3.05, 3.63) is 65.7 Å². The monoisotopic (exact) mass is 450 g/mol. The van der Waals surface area contributed by atoms with Gasteiger partial charge in [0.15, 0.2) is 0 Å². The van der Waals surface area contributed by atoms with Gasteiger partial charge in [0.25, 0.3) is 5.91 Å². The van der Waals surface area contributed by atoms with Crippen LogP contribution in [0.2, 0.25) is 0 Å². The molecule has 2 N–H and O–H groups in total. The number of hydrogen-bond donors (Lipinski definition) is 2. The number of likely N-dealkylation sites (tertiary alicyclic amines) is 2. The lowest BCUT2D eigenvalue weighted by Gasteiger charge is -2.33. The average molecular weight is 451 g/mol. The second-order valence-electron chi connectivity index (χ2n) is 8.82. The van der Waals surface area contributed by atoms with Crippen LogP contribution in [0.25, 0.3) is 0 Å². The number of carbonyl (C=O) groups is 2. The van der Waals surface area contributed by atoms with Gasteiger partial charge >= 0.3 is 6.03 Å². The summed E-state index contributed by atoms with van der Waals surface area (Å²) in [6.07, 6.45) is 3.91. The minimum atomic E-state index is -0.138. The molecule has 2 aliphatic rings. The predicted molar refractivity (Wildman–Crippen MR) is 128 cm³/mol. The van der Waals surface area contributed by atoms with Gasteiger partial charge < -0.3 is 20.3 Å². The second-order valence-corrected chi connectivity index (χ2v) is 8.82. The Morgan fingerprint density at radius 3 is 2.27 bits per heavy atom. The fraction of sp³-hybridized carbons (Fsp3) is 0.462. The number of amides is 3. The van der Waals surface area contributed by atoms with Crippen molar-refractivity contribution in [1.29, 1.82) is 0 Å². The van der Waals surface area contributed by atoms with Crippen molar-refractivity contribution in [3.63, 3.8) is 0 Å². The zero-order chi connectivity index (χ0) is 23.0. The van der Waals surface area contributed by atoms with Gasteiger partial charge in [0.1, 0.15) is 5.75 Å². The van der Waals surface area contributed by atoms with Crippen LogP contribution in [-0.2, 0) is 0 Å². The molecule has 7 nitrogen and oxygen atoms in total. The summed E-state index contributed by atoms with van der Waals surface area (Å²) in [5.74, 6) is 0.896. The highest BCUT2D eigenvalue weighted by Gasteiger charge is 2.26. The number of nitrogens with zero attached hydrogens (tertiary/aromatic N) is 2. The van der Waals surface area contributed by atoms with Crippen molar-refractivity contribution in [2.45, 2.75) is 37.8 Å². The molecule has 0 spiro atoms. The van der Waals surface area contributed by atoms with E-state index >= 15 is 0 Å². The molecule has 176 valence electrons. The highest BCUT2D eigenvalue weighted by atomic mass is 16.5. The molecule has 0 radical (unpaired) electrons. The molecule has 0 bridgehead atoms. The molecule has 2 aliphatic heterocycles. The van der Waals surface area contributed by atoms with Crippen LogP contribution in [0, 0.1) is 0 Å². The third-order valence-corrected chi connectivity index (χ3v) is 6.68. The largest absolute Gasteiger partial charge is 0.497 e.